The van der Waals surface area contributed by atoms with Crippen molar-refractivity contribution in [3.63, 3.8) is 0 Å². The molecular weight excluding hydrogens is 576 g/mol. The van der Waals surface area contributed by atoms with Gasteiger partial charge >= 0.3 is 17.9 Å². The van der Waals surface area contributed by atoms with E-state index in [-0.39, 0.29) is 31.1 Å². The maximum absolute atomic E-state index is 12.6. The molecule has 0 fully saturated rings. The maximum atomic E-state index is 12.6. The molecule has 1 atom stereocenters. The first-order valence-corrected chi connectivity index (χ1v) is 19.9. The van der Waals surface area contributed by atoms with Crippen molar-refractivity contribution in [3.8, 4) is 0 Å². The minimum atomic E-state index is -0.757. The second kappa shape index (κ2) is 34.7. The van der Waals surface area contributed by atoms with Crippen LogP contribution in [-0.4, -0.2) is 37.2 Å². The van der Waals surface area contributed by atoms with Gasteiger partial charge in [0.05, 0.1) is 0 Å². The molecule has 0 bridgehead atoms. The SMILES string of the molecule is CCCCCCCCCCCCC(=O)O[C@@H](COC(=O)CCCCCCCCCCC)COC(=O)CCCCCCCCC(C)C. The van der Waals surface area contributed by atoms with Crippen LogP contribution in [0.2, 0.25) is 0 Å². The molecule has 0 saturated carbocycles. The predicted molar refractivity (Wildman–Crippen MR) is 192 cm³/mol. The molecule has 6 heteroatoms. The fourth-order valence-electron chi connectivity index (χ4n) is 5.74. The van der Waals surface area contributed by atoms with Crippen LogP contribution in [0, 0.1) is 5.92 Å². The summed E-state index contributed by atoms with van der Waals surface area (Å²) in [7, 11) is 0. The highest BCUT2D eigenvalue weighted by atomic mass is 16.6. The number of esters is 3. The molecule has 0 aliphatic rings. The molecule has 46 heavy (non-hydrogen) atoms. The Morgan fingerprint density at radius 3 is 1.07 bits per heavy atom. The molecule has 0 aromatic rings. The normalized spacial score (nSPS) is 11.9. The van der Waals surface area contributed by atoms with Crippen LogP contribution in [-0.2, 0) is 28.6 Å². The Kier molecular flexibility index (Phi) is 33.5. The number of hydrogen-bond acceptors (Lipinski definition) is 6. The zero-order valence-corrected chi connectivity index (χ0v) is 31.0. The molecule has 0 spiro atoms. The van der Waals surface area contributed by atoms with E-state index >= 15 is 0 Å². The first kappa shape index (κ1) is 44.4. The Hall–Kier alpha value is -1.59. The quantitative estimate of drug-likeness (QED) is 0.0385. The average Bonchev–Trinajstić information content (AvgIpc) is 3.03. The molecule has 0 saturated heterocycles. The standard InChI is InChI=1S/C40H76O6/c1-5-7-9-11-13-15-17-19-25-29-33-40(43)46-37(34-44-38(41)31-27-23-18-16-14-12-10-8-6-2)35-45-39(42)32-28-24-21-20-22-26-30-36(3)4/h36-37H,5-35H2,1-4H3/t37-/m0/s1. The van der Waals surface area contributed by atoms with Crippen LogP contribution < -0.4 is 0 Å². The summed E-state index contributed by atoms with van der Waals surface area (Å²) in [6, 6.07) is 0. The first-order valence-electron chi connectivity index (χ1n) is 19.9. The lowest BCUT2D eigenvalue weighted by Crippen LogP contribution is -2.30. The van der Waals surface area contributed by atoms with Gasteiger partial charge in [-0.15, -0.1) is 0 Å². The Morgan fingerprint density at radius 2 is 0.717 bits per heavy atom. The van der Waals surface area contributed by atoms with E-state index < -0.39 is 6.10 Å². The number of rotatable bonds is 35. The van der Waals surface area contributed by atoms with Crippen LogP contribution >= 0.6 is 0 Å². The Bertz CT molecular complexity index is 691. The third kappa shape index (κ3) is 33.8. The van der Waals surface area contributed by atoms with E-state index in [0.29, 0.717) is 19.3 Å². The summed E-state index contributed by atoms with van der Waals surface area (Å²) < 4.78 is 16.6. The highest BCUT2D eigenvalue weighted by Crippen LogP contribution is 2.15. The van der Waals surface area contributed by atoms with Gasteiger partial charge in [-0.1, -0.05) is 175 Å². The molecule has 6 nitrogen and oxygen atoms in total. The molecule has 0 radical (unpaired) electrons. The fourth-order valence-corrected chi connectivity index (χ4v) is 5.74. The van der Waals surface area contributed by atoms with Gasteiger partial charge in [-0.3, -0.25) is 14.4 Å². The van der Waals surface area contributed by atoms with Gasteiger partial charge in [0.25, 0.3) is 0 Å². The van der Waals surface area contributed by atoms with Gasteiger partial charge in [0.15, 0.2) is 6.10 Å². The molecule has 0 unspecified atom stereocenters. The Balaban J connectivity index is 4.35. The summed E-state index contributed by atoms with van der Waals surface area (Å²) in [6.07, 6.45) is 31.0. The summed E-state index contributed by atoms with van der Waals surface area (Å²) in [6.45, 7) is 8.87. The minimum Gasteiger partial charge on any atom is -0.462 e. The van der Waals surface area contributed by atoms with Crippen molar-refractivity contribution in [1.29, 1.82) is 0 Å². The lowest BCUT2D eigenvalue weighted by atomic mass is 10.0. The molecule has 0 aliphatic carbocycles. The lowest BCUT2D eigenvalue weighted by Gasteiger charge is -2.18. The van der Waals surface area contributed by atoms with Crippen LogP contribution in [0.5, 0.6) is 0 Å². The van der Waals surface area contributed by atoms with Crippen molar-refractivity contribution in [2.75, 3.05) is 13.2 Å². The topological polar surface area (TPSA) is 78.9 Å². The van der Waals surface area contributed by atoms with Gasteiger partial charge in [-0.2, -0.15) is 0 Å². The smallest absolute Gasteiger partial charge is 0.306 e. The van der Waals surface area contributed by atoms with Gasteiger partial charge in [-0.05, 0) is 25.2 Å². The van der Waals surface area contributed by atoms with E-state index in [1.807, 2.05) is 0 Å². The van der Waals surface area contributed by atoms with E-state index in [4.69, 9.17) is 14.2 Å². The minimum absolute atomic E-state index is 0.0658. The van der Waals surface area contributed by atoms with Gasteiger partial charge in [-0.25, -0.2) is 0 Å². The van der Waals surface area contributed by atoms with Gasteiger partial charge in [0.2, 0.25) is 0 Å². The molecule has 0 aliphatic heterocycles. The molecule has 272 valence electrons. The summed E-state index contributed by atoms with van der Waals surface area (Å²) in [5, 5.41) is 0. The van der Waals surface area contributed by atoms with Crippen molar-refractivity contribution in [1.82, 2.24) is 0 Å². The predicted octanol–water partition coefficient (Wildman–Crippen LogP) is 12.0. The molecule has 0 aromatic carbocycles. The number of ether oxygens (including phenoxy) is 3. The van der Waals surface area contributed by atoms with Gasteiger partial charge < -0.3 is 14.2 Å². The fraction of sp³-hybridized carbons (Fsp3) is 0.925. The summed E-state index contributed by atoms with van der Waals surface area (Å²) >= 11 is 0. The van der Waals surface area contributed by atoms with Crippen molar-refractivity contribution in [2.24, 2.45) is 5.92 Å². The highest BCUT2D eigenvalue weighted by Gasteiger charge is 2.19. The Labute approximate surface area is 285 Å². The average molecular weight is 653 g/mol. The zero-order valence-electron chi connectivity index (χ0n) is 31.0. The van der Waals surface area contributed by atoms with E-state index in [9.17, 15) is 14.4 Å². The van der Waals surface area contributed by atoms with E-state index in [1.165, 1.54) is 109 Å². The van der Waals surface area contributed by atoms with Crippen LogP contribution in [0.3, 0.4) is 0 Å². The summed E-state index contributed by atoms with van der Waals surface area (Å²) in [4.78, 5) is 37.4. The van der Waals surface area contributed by atoms with Gasteiger partial charge in [0.1, 0.15) is 13.2 Å². The number of hydrogen-bond donors (Lipinski definition) is 0. The lowest BCUT2D eigenvalue weighted by molar-refractivity contribution is -0.167. The van der Waals surface area contributed by atoms with Crippen molar-refractivity contribution < 1.29 is 28.6 Å². The van der Waals surface area contributed by atoms with E-state index in [2.05, 4.69) is 27.7 Å². The highest BCUT2D eigenvalue weighted by molar-refractivity contribution is 5.71. The maximum Gasteiger partial charge on any atom is 0.306 e. The van der Waals surface area contributed by atoms with Crippen LogP contribution in [0.25, 0.3) is 0 Å². The van der Waals surface area contributed by atoms with Crippen LogP contribution in [0.4, 0.5) is 0 Å². The van der Waals surface area contributed by atoms with Crippen molar-refractivity contribution in [3.05, 3.63) is 0 Å². The summed E-state index contributed by atoms with van der Waals surface area (Å²) in [5.74, 6) is -0.108. The molecule has 0 amide bonds. The van der Waals surface area contributed by atoms with Crippen LogP contribution in [0.15, 0.2) is 0 Å². The first-order chi connectivity index (χ1) is 22.4. The Morgan fingerprint density at radius 1 is 0.413 bits per heavy atom. The molecule has 0 N–H and O–H groups in total. The second-order valence-corrected chi connectivity index (χ2v) is 14.0. The molecule has 0 rings (SSSR count). The third-order valence-electron chi connectivity index (χ3n) is 8.79. The molecular formula is C40H76O6. The van der Waals surface area contributed by atoms with Crippen molar-refractivity contribution in [2.45, 2.75) is 220 Å². The zero-order chi connectivity index (χ0) is 33.9. The van der Waals surface area contributed by atoms with E-state index in [1.54, 1.807) is 0 Å². The largest absolute Gasteiger partial charge is 0.462 e. The number of carbonyl (C=O) groups is 3. The van der Waals surface area contributed by atoms with Gasteiger partial charge in [0, 0.05) is 19.3 Å². The second-order valence-electron chi connectivity index (χ2n) is 14.0. The molecule has 0 aromatic heterocycles. The van der Waals surface area contributed by atoms with E-state index in [0.717, 1.165) is 63.7 Å². The monoisotopic (exact) mass is 653 g/mol. The number of carbonyl (C=O) groups excluding carboxylic acids is 3. The molecule has 0 heterocycles. The third-order valence-corrected chi connectivity index (χ3v) is 8.79. The summed E-state index contributed by atoms with van der Waals surface area (Å²) in [5.41, 5.74) is 0. The van der Waals surface area contributed by atoms with Crippen LogP contribution in [0.1, 0.15) is 214 Å². The number of unbranched alkanes of at least 4 members (excludes halogenated alkanes) is 22. The van der Waals surface area contributed by atoms with Crippen molar-refractivity contribution >= 4 is 17.9 Å².